The maximum absolute atomic E-state index is 13.3. The Morgan fingerprint density at radius 1 is 0.964 bits per heavy atom. The summed E-state index contributed by atoms with van der Waals surface area (Å²) in [6.07, 6.45) is 0. The highest BCUT2D eigenvalue weighted by Gasteiger charge is 2.67. The van der Waals surface area contributed by atoms with Gasteiger partial charge in [0, 0.05) is 0 Å². The number of nitrogens with one attached hydrogen (secondary N) is 1. The molecule has 1 unspecified atom stereocenters. The summed E-state index contributed by atoms with van der Waals surface area (Å²) in [6, 6.07) is 18.3. The molecule has 0 radical (unpaired) electrons. The molecule has 5 nitrogen and oxygen atoms in total. The Hall–Kier alpha value is -2.79. The third kappa shape index (κ3) is 2.53. The van der Waals surface area contributed by atoms with Gasteiger partial charge in [0.1, 0.15) is 17.6 Å². The Bertz CT molecular complexity index is 869. The van der Waals surface area contributed by atoms with Gasteiger partial charge in [0.15, 0.2) is 0 Å². The van der Waals surface area contributed by atoms with E-state index >= 15 is 0 Å². The molecule has 2 fully saturated rings. The zero-order valence-corrected chi connectivity index (χ0v) is 15.9. The lowest BCUT2D eigenvalue weighted by atomic mass is 9.71. The van der Waals surface area contributed by atoms with Crippen molar-refractivity contribution in [2.75, 3.05) is 6.61 Å². The molecule has 4 atom stereocenters. The van der Waals surface area contributed by atoms with E-state index in [1.807, 2.05) is 60.7 Å². The van der Waals surface area contributed by atoms with Crippen molar-refractivity contribution < 1.29 is 19.1 Å². The summed E-state index contributed by atoms with van der Waals surface area (Å²) < 4.78 is 5.25. The van der Waals surface area contributed by atoms with Crippen LogP contribution in [0.2, 0.25) is 0 Å². The normalized spacial score (nSPS) is 28.2. The van der Waals surface area contributed by atoms with Crippen molar-refractivity contribution in [3.05, 3.63) is 71.8 Å². The minimum absolute atomic E-state index is 0.123. The summed E-state index contributed by atoms with van der Waals surface area (Å²) in [6.45, 7) is 3.60. The van der Waals surface area contributed by atoms with Crippen LogP contribution in [-0.2, 0) is 24.7 Å². The maximum atomic E-state index is 13.3. The van der Waals surface area contributed by atoms with Gasteiger partial charge < -0.3 is 4.74 Å². The van der Waals surface area contributed by atoms with Gasteiger partial charge in [-0.3, -0.25) is 19.7 Å². The Labute approximate surface area is 164 Å². The number of rotatable bonds is 4. The predicted octanol–water partition coefficient (Wildman–Crippen LogP) is 2.49. The first-order valence-corrected chi connectivity index (χ1v) is 9.65. The monoisotopic (exact) mass is 377 g/mol. The average molecular weight is 377 g/mol. The number of ether oxygens (including phenoxy) is 1. The van der Waals surface area contributed by atoms with E-state index in [9.17, 15) is 14.4 Å². The molecule has 144 valence electrons. The summed E-state index contributed by atoms with van der Waals surface area (Å²) in [7, 11) is 0. The summed E-state index contributed by atoms with van der Waals surface area (Å²) in [5.74, 6) is -2.91. The molecule has 1 aliphatic heterocycles. The Kier molecular flexibility index (Phi) is 4.63. The topological polar surface area (TPSA) is 72.5 Å². The van der Waals surface area contributed by atoms with Gasteiger partial charge >= 0.3 is 5.97 Å². The fourth-order valence-electron chi connectivity index (χ4n) is 4.84. The number of esters is 1. The van der Waals surface area contributed by atoms with Gasteiger partial charge in [-0.25, -0.2) is 0 Å². The van der Waals surface area contributed by atoms with Crippen LogP contribution in [0.25, 0.3) is 0 Å². The maximum Gasteiger partial charge on any atom is 0.323 e. The van der Waals surface area contributed by atoms with Crippen molar-refractivity contribution in [1.29, 1.82) is 0 Å². The van der Waals surface area contributed by atoms with E-state index in [0.717, 1.165) is 11.1 Å². The molecule has 0 amide bonds. The molecule has 1 saturated heterocycles. The third-order valence-corrected chi connectivity index (χ3v) is 6.06. The third-order valence-electron chi connectivity index (χ3n) is 6.06. The summed E-state index contributed by atoms with van der Waals surface area (Å²) in [5.41, 5.74) is 0.763. The number of hydrogen-bond acceptors (Lipinski definition) is 5. The van der Waals surface area contributed by atoms with Crippen LogP contribution >= 0.6 is 0 Å². The molecule has 2 aliphatic rings. The summed E-state index contributed by atoms with van der Waals surface area (Å²) in [4.78, 5) is 39.0. The van der Waals surface area contributed by atoms with Crippen LogP contribution in [0.1, 0.15) is 25.0 Å². The van der Waals surface area contributed by atoms with Crippen molar-refractivity contribution in [2.45, 2.75) is 25.4 Å². The number of carbonyl (C=O) groups excluding carboxylic acids is 3. The number of carbonyl (C=O) groups is 3. The highest BCUT2D eigenvalue weighted by atomic mass is 16.5. The number of Topliss-reactive ketones (excluding diaryl/α,β-unsaturated/α-hetero) is 2. The van der Waals surface area contributed by atoms with Gasteiger partial charge in [0.25, 0.3) is 0 Å². The summed E-state index contributed by atoms with van der Waals surface area (Å²) >= 11 is 0. The molecule has 0 aromatic heterocycles. The molecule has 1 N–H and O–H groups in total. The van der Waals surface area contributed by atoms with Crippen LogP contribution in [0, 0.1) is 17.8 Å². The van der Waals surface area contributed by atoms with E-state index in [1.165, 1.54) is 0 Å². The largest absolute Gasteiger partial charge is 0.465 e. The van der Waals surface area contributed by atoms with E-state index in [0.29, 0.717) is 0 Å². The molecule has 1 saturated carbocycles. The molecule has 1 heterocycles. The lowest BCUT2D eigenvalue weighted by Crippen LogP contribution is -2.50. The molecular weight excluding hydrogens is 354 g/mol. The standard InChI is InChI=1S/C23H23NO4/c1-3-28-22(27)19-17-18(21(26)14(2)20(17)25)23(24-19,15-10-6-4-7-11-15)16-12-8-5-9-13-16/h4-14,17-19,24H,3H2,1-2H3/t14?,17-,18-,19+/m0/s1. The minimum atomic E-state index is -0.956. The number of fused-ring (bicyclic) bond motifs is 1. The molecule has 0 bridgehead atoms. The second-order valence-electron chi connectivity index (χ2n) is 7.44. The first-order valence-electron chi connectivity index (χ1n) is 9.65. The van der Waals surface area contributed by atoms with Gasteiger partial charge in [0.2, 0.25) is 0 Å². The Balaban J connectivity index is 1.96. The molecule has 2 aromatic carbocycles. The number of hydrogen-bond donors (Lipinski definition) is 1. The lowest BCUT2D eigenvalue weighted by molar-refractivity contribution is -0.148. The van der Waals surface area contributed by atoms with E-state index in [2.05, 4.69) is 5.32 Å². The van der Waals surface area contributed by atoms with Crippen LogP contribution in [0.15, 0.2) is 60.7 Å². The smallest absolute Gasteiger partial charge is 0.323 e. The Morgan fingerprint density at radius 3 is 2.00 bits per heavy atom. The van der Waals surface area contributed by atoms with Gasteiger partial charge in [0.05, 0.1) is 29.9 Å². The first-order chi connectivity index (χ1) is 13.5. The van der Waals surface area contributed by atoms with Crippen molar-refractivity contribution >= 4 is 17.5 Å². The van der Waals surface area contributed by atoms with E-state index in [4.69, 9.17) is 4.74 Å². The first kappa shape index (κ1) is 18.6. The van der Waals surface area contributed by atoms with Crippen molar-refractivity contribution in [2.24, 2.45) is 17.8 Å². The highest BCUT2D eigenvalue weighted by Crippen LogP contribution is 2.52. The number of ketones is 2. The predicted molar refractivity (Wildman–Crippen MR) is 103 cm³/mol. The van der Waals surface area contributed by atoms with Crippen LogP contribution in [0.3, 0.4) is 0 Å². The second kappa shape index (κ2) is 6.99. The molecule has 28 heavy (non-hydrogen) atoms. The van der Waals surface area contributed by atoms with Crippen LogP contribution in [-0.4, -0.2) is 30.2 Å². The second-order valence-corrected chi connectivity index (χ2v) is 7.44. The van der Waals surface area contributed by atoms with Crippen molar-refractivity contribution in [3.63, 3.8) is 0 Å². The van der Waals surface area contributed by atoms with E-state index in [1.54, 1.807) is 13.8 Å². The van der Waals surface area contributed by atoms with Crippen LogP contribution in [0.4, 0.5) is 0 Å². The molecule has 5 heteroatoms. The van der Waals surface area contributed by atoms with Crippen LogP contribution in [0.5, 0.6) is 0 Å². The molecular formula is C23H23NO4. The van der Waals surface area contributed by atoms with Gasteiger partial charge in [-0.1, -0.05) is 60.7 Å². The van der Waals surface area contributed by atoms with Crippen LogP contribution < -0.4 is 5.32 Å². The number of benzene rings is 2. The van der Waals surface area contributed by atoms with Gasteiger partial charge in [-0.15, -0.1) is 0 Å². The molecule has 4 rings (SSSR count). The quantitative estimate of drug-likeness (QED) is 0.655. The molecule has 1 aliphatic carbocycles. The van der Waals surface area contributed by atoms with E-state index in [-0.39, 0.29) is 18.2 Å². The fourth-order valence-corrected chi connectivity index (χ4v) is 4.84. The summed E-state index contributed by atoms with van der Waals surface area (Å²) in [5, 5.41) is 3.39. The lowest BCUT2D eigenvalue weighted by Gasteiger charge is -2.36. The average Bonchev–Trinajstić information content (AvgIpc) is 3.20. The zero-order chi connectivity index (χ0) is 19.9. The van der Waals surface area contributed by atoms with Crippen molar-refractivity contribution in [1.82, 2.24) is 5.32 Å². The van der Waals surface area contributed by atoms with E-state index < -0.39 is 35.3 Å². The highest BCUT2D eigenvalue weighted by molar-refractivity contribution is 6.14. The Morgan fingerprint density at radius 2 is 1.50 bits per heavy atom. The molecule has 0 spiro atoms. The van der Waals surface area contributed by atoms with Crippen molar-refractivity contribution in [3.8, 4) is 0 Å². The minimum Gasteiger partial charge on any atom is -0.465 e. The molecule has 2 aromatic rings. The zero-order valence-electron chi connectivity index (χ0n) is 15.9. The fraction of sp³-hybridized carbons (Fsp3) is 0.348. The van der Waals surface area contributed by atoms with Gasteiger partial charge in [-0.2, -0.15) is 0 Å². The van der Waals surface area contributed by atoms with Gasteiger partial charge in [-0.05, 0) is 25.0 Å². The SMILES string of the molecule is CCOC(=O)[C@@H]1NC(c2ccccc2)(c2ccccc2)[C@@H]2C(=O)C(C)C(=O)[C@@H]21.